The van der Waals surface area contributed by atoms with Gasteiger partial charge in [0, 0.05) is 20.5 Å². The normalized spacial score (nSPS) is 11.2. The molecule has 0 rings (SSSR count). The summed E-state index contributed by atoms with van der Waals surface area (Å²) in [6, 6.07) is -0.937. The molecule has 1 atom stereocenters. The van der Waals surface area contributed by atoms with E-state index in [4.69, 9.17) is 19.7 Å². The molecule has 0 aromatic heterocycles. The van der Waals surface area contributed by atoms with Crippen LogP contribution < -0.4 is 5.32 Å². The van der Waals surface area contributed by atoms with Gasteiger partial charge in [0.15, 0.2) is 0 Å². The number of Topliss-reactive ketones (excluding diaryl/α,β-unsaturated/α-hetero) is 1. The van der Waals surface area contributed by atoms with Gasteiger partial charge < -0.3 is 25.1 Å². The van der Waals surface area contributed by atoms with E-state index in [9.17, 15) is 14.4 Å². The van der Waals surface area contributed by atoms with Crippen molar-refractivity contribution in [3.05, 3.63) is 5.53 Å². The first kappa shape index (κ1) is 19.9. The fourth-order valence-electron chi connectivity index (χ4n) is 1.46. The molecular formula is C13H21N3O6. The van der Waals surface area contributed by atoms with Crippen LogP contribution in [-0.2, 0) is 28.6 Å². The minimum Gasteiger partial charge on any atom is -0.462 e. The highest BCUT2D eigenvalue weighted by atomic mass is 16.6. The third-order valence-electron chi connectivity index (χ3n) is 2.45. The topological polar surface area (TPSA) is 127 Å². The van der Waals surface area contributed by atoms with Crippen molar-refractivity contribution in [1.29, 1.82) is 0 Å². The molecule has 0 unspecified atom stereocenters. The lowest BCUT2D eigenvalue weighted by Crippen LogP contribution is -2.41. The lowest BCUT2D eigenvalue weighted by molar-refractivity contribution is -0.149. The maximum atomic E-state index is 11.8. The Labute approximate surface area is 128 Å². The number of rotatable bonds is 12. The summed E-state index contributed by atoms with van der Waals surface area (Å²) in [5, 5.41) is 2.40. The van der Waals surface area contributed by atoms with E-state index in [1.54, 1.807) is 7.11 Å². The summed E-state index contributed by atoms with van der Waals surface area (Å²) < 4.78 is 14.9. The Morgan fingerprint density at radius 3 is 2.50 bits per heavy atom. The number of amides is 1. The Morgan fingerprint density at radius 2 is 1.91 bits per heavy atom. The summed E-state index contributed by atoms with van der Waals surface area (Å²) in [6.07, 6.45) is 0.724. The van der Waals surface area contributed by atoms with Crippen molar-refractivity contribution in [3.63, 3.8) is 0 Å². The lowest BCUT2D eigenvalue weighted by atomic mass is 10.1. The van der Waals surface area contributed by atoms with Gasteiger partial charge in [-0.05, 0) is 6.42 Å². The summed E-state index contributed by atoms with van der Waals surface area (Å²) in [5.41, 5.74) is 8.23. The van der Waals surface area contributed by atoms with Crippen molar-refractivity contribution in [3.8, 4) is 0 Å². The van der Waals surface area contributed by atoms with Crippen LogP contribution >= 0.6 is 0 Å². The molecule has 0 heterocycles. The number of ketones is 1. The Morgan fingerprint density at radius 1 is 1.23 bits per heavy atom. The first-order valence-corrected chi connectivity index (χ1v) is 6.72. The number of hydrogen-bond acceptors (Lipinski definition) is 6. The number of ether oxygens (including phenoxy) is 3. The second-order valence-electron chi connectivity index (χ2n) is 4.28. The largest absolute Gasteiger partial charge is 0.462 e. The molecule has 1 amide bonds. The third-order valence-corrected chi connectivity index (χ3v) is 2.45. The predicted octanol–water partition coefficient (Wildman–Crippen LogP) is -0.653. The molecule has 0 saturated carbocycles. The highest BCUT2D eigenvalue weighted by Gasteiger charge is 2.22. The second kappa shape index (κ2) is 12.6. The highest BCUT2D eigenvalue weighted by Crippen LogP contribution is 2.01. The van der Waals surface area contributed by atoms with Crippen molar-refractivity contribution in [2.75, 3.05) is 33.5 Å². The minimum atomic E-state index is -0.937. The van der Waals surface area contributed by atoms with Crippen LogP contribution in [-0.4, -0.2) is 68.2 Å². The number of hydrogen-bond donors (Lipinski definition) is 1. The van der Waals surface area contributed by atoms with Gasteiger partial charge in [-0.3, -0.25) is 9.59 Å². The monoisotopic (exact) mass is 315 g/mol. The van der Waals surface area contributed by atoms with Crippen LogP contribution in [0.5, 0.6) is 0 Å². The Bertz CT molecular complexity index is 420. The molecule has 124 valence electrons. The number of esters is 1. The van der Waals surface area contributed by atoms with Crippen LogP contribution in [0.15, 0.2) is 0 Å². The second-order valence-corrected chi connectivity index (χ2v) is 4.28. The number of methoxy groups -OCH3 is 1. The fourth-order valence-corrected chi connectivity index (χ4v) is 1.46. The van der Waals surface area contributed by atoms with Gasteiger partial charge in [0.1, 0.15) is 12.6 Å². The van der Waals surface area contributed by atoms with Crippen molar-refractivity contribution in [2.45, 2.75) is 25.8 Å². The molecule has 0 fully saturated rings. The average Bonchev–Trinajstić information content (AvgIpc) is 2.46. The first-order valence-electron chi connectivity index (χ1n) is 6.72. The first-order chi connectivity index (χ1) is 10.5. The summed E-state index contributed by atoms with van der Waals surface area (Å²) >= 11 is 0. The molecule has 0 aliphatic rings. The molecule has 9 heteroatoms. The fraction of sp³-hybridized carbons (Fsp3) is 0.692. The van der Waals surface area contributed by atoms with Crippen molar-refractivity contribution < 1.29 is 33.4 Å². The summed E-state index contributed by atoms with van der Waals surface area (Å²) in [4.78, 5) is 36.7. The van der Waals surface area contributed by atoms with E-state index in [0.717, 1.165) is 6.21 Å². The zero-order valence-corrected chi connectivity index (χ0v) is 12.7. The van der Waals surface area contributed by atoms with E-state index in [2.05, 4.69) is 10.1 Å². The molecular weight excluding hydrogens is 294 g/mol. The maximum absolute atomic E-state index is 11.8. The van der Waals surface area contributed by atoms with Gasteiger partial charge in [-0.2, -0.15) is 4.79 Å². The molecule has 0 radical (unpaired) electrons. The van der Waals surface area contributed by atoms with Gasteiger partial charge in [0.25, 0.3) is 0 Å². The van der Waals surface area contributed by atoms with E-state index in [1.165, 1.54) is 6.92 Å². The Hall–Kier alpha value is -2.09. The van der Waals surface area contributed by atoms with Crippen LogP contribution in [0, 0.1) is 0 Å². The molecule has 1 N–H and O–H groups in total. The molecule has 9 nitrogen and oxygen atoms in total. The number of carbonyl (C=O) groups excluding carboxylic acids is 3. The number of nitrogens with one attached hydrogen (secondary N) is 1. The molecule has 0 aromatic rings. The van der Waals surface area contributed by atoms with Crippen LogP contribution in [0.25, 0.3) is 5.53 Å². The zero-order valence-electron chi connectivity index (χ0n) is 12.7. The summed E-state index contributed by atoms with van der Waals surface area (Å²) in [7, 11) is 1.55. The Kier molecular flexibility index (Phi) is 11.4. The summed E-state index contributed by atoms with van der Waals surface area (Å²) in [5.74, 6) is -1.53. The molecule has 0 saturated heterocycles. The SMILES string of the molecule is COCCOCCOC(=O)[C@H](CCC(=O)C=[N+]=[N-])NC(C)=O. The Balaban J connectivity index is 4.18. The molecule has 22 heavy (non-hydrogen) atoms. The predicted molar refractivity (Wildman–Crippen MR) is 75.2 cm³/mol. The molecule has 0 spiro atoms. The number of nitrogens with zero attached hydrogens (tertiary/aromatic N) is 2. The van der Waals surface area contributed by atoms with Crippen LogP contribution in [0.3, 0.4) is 0 Å². The minimum absolute atomic E-state index is 0.0324. The van der Waals surface area contributed by atoms with Gasteiger partial charge >= 0.3 is 12.2 Å². The van der Waals surface area contributed by atoms with E-state index in [0.29, 0.717) is 13.2 Å². The van der Waals surface area contributed by atoms with Crippen molar-refractivity contribution >= 4 is 23.9 Å². The molecule has 0 aliphatic carbocycles. The van der Waals surface area contributed by atoms with E-state index < -0.39 is 23.7 Å². The molecule has 0 bridgehead atoms. The number of carbonyl (C=O) groups is 3. The van der Waals surface area contributed by atoms with Crippen LogP contribution in [0.2, 0.25) is 0 Å². The van der Waals surface area contributed by atoms with Crippen LogP contribution in [0.1, 0.15) is 19.8 Å². The zero-order chi connectivity index (χ0) is 16.8. The quantitative estimate of drug-likeness (QED) is 0.167. The van der Waals surface area contributed by atoms with Crippen LogP contribution in [0.4, 0.5) is 0 Å². The van der Waals surface area contributed by atoms with Gasteiger partial charge in [-0.25, -0.2) is 4.79 Å². The van der Waals surface area contributed by atoms with Crippen molar-refractivity contribution in [1.82, 2.24) is 5.32 Å². The highest BCUT2D eigenvalue weighted by molar-refractivity contribution is 6.25. The smallest absolute Gasteiger partial charge is 0.328 e. The third kappa shape index (κ3) is 10.7. The van der Waals surface area contributed by atoms with E-state index in [-0.39, 0.29) is 26.1 Å². The van der Waals surface area contributed by atoms with E-state index >= 15 is 0 Å². The molecule has 0 aliphatic heterocycles. The maximum Gasteiger partial charge on any atom is 0.328 e. The van der Waals surface area contributed by atoms with Gasteiger partial charge in [-0.15, -0.1) is 0 Å². The average molecular weight is 315 g/mol. The van der Waals surface area contributed by atoms with Gasteiger partial charge in [0.2, 0.25) is 11.7 Å². The van der Waals surface area contributed by atoms with E-state index in [1.807, 2.05) is 0 Å². The molecule has 0 aromatic carbocycles. The summed E-state index contributed by atoms with van der Waals surface area (Å²) in [6.45, 7) is 2.32. The standard InChI is InChI=1S/C13H21N3O6/c1-10(17)16-12(4-3-11(18)9-15-14)13(19)22-8-7-21-6-5-20-2/h9,12H,3-8H2,1-2H3,(H,16,17)/t12-/m0/s1. The van der Waals surface area contributed by atoms with Gasteiger partial charge in [0.05, 0.1) is 19.8 Å². The lowest BCUT2D eigenvalue weighted by Gasteiger charge is -2.16. The van der Waals surface area contributed by atoms with Crippen molar-refractivity contribution in [2.24, 2.45) is 0 Å². The van der Waals surface area contributed by atoms with Gasteiger partial charge in [-0.1, -0.05) is 0 Å².